The second-order valence-electron chi connectivity index (χ2n) is 3.80. The van der Waals surface area contributed by atoms with E-state index < -0.39 is 15.8 Å². The molecule has 0 amide bonds. The van der Waals surface area contributed by atoms with E-state index in [1.54, 1.807) is 6.92 Å². The number of aryl methyl sites for hydroxylation is 1. The van der Waals surface area contributed by atoms with Crippen molar-refractivity contribution < 1.29 is 12.8 Å². The lowest BCUT2D eigenvalue weighted by Crippen LogP contribution is -2.14. The van der Waals surface area contributed by atoms with Gasteiger partial charge in [-0.3, -0.25) is 9.71 Å². The minimum atomic E-state index is -3.95. The van der Waals surface area contributed by atoms with Gasteiger partial charge in [0.15, 0.2) is 5.15 Å². The average Bonchev–Trinajstić information content (AvgIpc) is 2.33. The van der Waals surface area contributed by atoms with Crippen molar-refractivity contribution in [2.45, 2.75) is 11.8 Å². The zero-order chi connectivity index (χ0) is 14.0. The van der Waals surface area contributed by atoms with E-state index in [1.165, 1.54) is 12.3 Å². The number of rotatable bonds is 3. The maximum absolute atomic E-state index is 13.0. The normalized spacial score (nSPS) is 11.3. The summed E-state index contributed by atoms with van der Waals surface area (Å²) in [4.78, 5) is 7.03. The molecule has 19 heavy (non-hydrogen) atoms. The Hall–Kier alpha value is -1.73. The first-order valence-corrected chi connectivity index (χ1v) is 7.00. The second-order valence-corrected chi connectivity index (χ2v) is 5.84. The van der Waals surface area contributed by atoms with Crippen LogP contribution in [0, 0.1) is 12.7 Å². The number of sulfonamides is 1. The van der Waals surface area contributed by atoms with Gasteiger partial charge < -0.3 is 0 Å². The molecule has 0 fully saturated rings. The SMILES string of the molecule is Cc1cnc(Cl)c(NS(=O)(=O)c2cncc(F)c2)c1. The van der Waals surface area contributed by atoms with E-state index >= 15 is 0 Å². The molecule has 2 rings (SSSR count). The summed E-state index contributed by atoms with van der Waals surface area (Å²) in [6, 6.07) is 2.39. The highest BCUT2D eigenvalue weighted by molar-refractivity contribution is 7.92. The van der Waals surface area contributed by atoms with Gasteiger partial charge in [-0.05, 0) is 24.6 Å². The predicted molar refractivity (Wildman–Crippen MR) is 69.0 cm³/mol. The highest BCUT2D eigenvalue weighted by Crippen LogP contribution is 2.23. The summed E-state index contributed by atoms with van der Waals surface area (Å²) in [5.41, 5.74) is 0.866. The molecule has 2 aromatic heterocycles. The number of nitrogens with one attached hydrogen (secondary N) is 1. The Balaban J connectivity index is 2.39. The van der Waals surface area contributed by atoms with Crippen LogP contribution in [-0.2, 0) is 10.0 Å². The van der Waals surface area contributed by atoms with Crippen LogP contribution in [0.25, 0.3) is 0 Å². The van der Waals surface area contributed by atoms with E-state index in [1.807, 2.05) is 0 Å². The van der Waals surface area contributed by atoms with E-state index in [4.69, 9.17) is 11.6 Å². The van der Waals surface area contributed by atoms with Crippen molar-refractivity contribution in [2.75, 3.05) is 4.72 Å². The molecule has 2 aromatic rings. The van der Waals surface area contributed by atoms with Crippen molar-refractivity contribution in [1.82, 2.24) is 9.97 Å². The first-order valence-electron chi connectivity index (χ1n) is 5.14. The maximum atomic E-state index is 13.0. The van der Waals surface area contributed by atoms with Gasteiger partial charge >= 0.3 is 0 Å². The first kappa shape index (κ1) is 13.7. The molecule has 0 aliphatic carbocycles. The molecule has 0 unspecified atom stereocenters. The molecule has 2 heterocycles. The molecule has 0 saturated carbocycles. The zero-order valence-corrected chi connectivity index (χ0v) is 11.3. The van der Waals surface area contributed by atoms with E-state index in [0.717, 1.165) is 24.0 Å². The van der Waals surface area contributed by atoms with Gasteiger partial charge in [0.05, 0.1) is 11.9 Å². The third kappa shape index (κ3) is 3.18. The summed E-state index contributed by atoms with van der Waals surface area (Å²) in [6.45, 7) is 1.74. The largest absolute Gasteiger partial charge is 0.276 e. The van der Waals surface area contributed by atoms with Crippen molar-refractivity contribution in [3.8, 4) is 0 Å². The molecule has 0 aromatic carbocycles. The molecule has 5 nitrogen and oxygen atoms in total. The molecule has 0 aliphatic heterocycles. The summed E-state index contributed by atoms with van der Waals surface area (Å²) in [7, 11) is -3.95. The molecule has 0 radical (unpaired) electrons. The molecule has 0 spiro atoms. The number of hydrogen-bond donors (Lipinski definition) is 1. The van der Waals surface area contributed by atoms with Gasteiger partial charge in [0.1, 0.15) is 10.7 Å². The fourth-order valence-electron chi connectivity index (χ4n) is 1.37. The highest BCUT2D eigenvalue weighted by atomic mass is 35.5. The van der Waals surface area contributed by atoms with Crippen LogP contribution >= 0.6 is 11.6 Å². The van der Waals surface area contributed by atoms with Crippen molar-refractivity contribution in [2.24, 2.45) is 0 Å². The number of nitrogens with zero attached hydrogens (tertiary/aromatic N) is 2. The Morgan fingerprint density at radius 1 is 1.26 bits per heavy atom. The van der Waals surface area contributed by atoms with Crippen LogP contribution in [0.3, 0.4) is 0 Å². The standard InChI is InChI=1S/C11H9ClFN3O2S/c1-7-2-10(11(12)15-4-7)16-19(17,18)9-3-8(13)5-14-6-9/h2-6,16H,1H3. The summed E-state index contributed by atoms with van der Waals surface area (Å²) >= 11 is 5.79. The van der Waals surface area contributed by atoms with Crippen molar-refractivity contribution in [3.63, 3.8) is 0 Å². The van der Waals surface area contributed by atoms with E-state index in [2.05, 4.69) is 14.7 Å². The molecular formula is C11H9ClFN3O2S. The van der Waals surface area contributed by atoms with Crippen LogP contribution in [0.1, 0.15) is 5.56 Å². The molecular weight excluding hydrogens is 293 g/mol. The first-order chi connectivity index (χ1) is 8.88. The Morgan fingerprint density at radius 3 is 2.68 bits per heavy atom. The van der Waals surface area contributed by atoms with Crippen LogP contribution in [0.2, 0.25) is 5.15 Å². The van der Waals surface area contributed by atoms with Crippen molar-refractivity contribution in [1.29, 1.82) is 0 Å². The Morgan fingerprint density at radius 2 is 2.00 bits per heavy atom. The lowest BCUT2D eigenvalue weighted by atomic mass is 10.3. The summed E-state index contributed by atoms with van der Waals surface area (Å²) in [5.74, 6) is -0.740. The third-order valence-corrected chi connectivity index (χ3v) is 3.84. The molecule has 0 bridgehead atoms. The highest BCUT2D eigenvalue weighted by Gasteiger charge is 2.17. The Bertz CT molecular complexity index is 722. The fourth-order valence-corrected chi connectivity index (χ4v) is 2.60. The van der Waals surface area contributed by atoms with Crippen LogP contribution in [-0.4, -0.2) is 18.4 Å². The number of halogens is 2. The van der Waals surface area contributed by atoms with Crippen LogP contribution < -0.4 is 4.72 Å². The fraction of sp³-hybridized carbons (Fsp3) is 0.0909. The monoisotopic (exact) mass is 301 g/mol. The maximum Gasteiger partial charge on any atom is 0.263 e. The molecule has 1 N–H and O–H groups in total. The summed E-state index contributed by atoms with van der Waals surface area (Å²) < 4.78 is 39.3. The van der Waals surface area contributed by atoms with Gasteiger partial charge in [-0.1, -0.05) is 11.6 Å². The molecule has 0 saturated heterocycles. The number of pyridine rings is 2. The Labute approximate surface area is 114 Å². The average molecular weight is 302 g/mol. The zero-order valence-electron chi connectivity index (χ0n) is 9.76. The minimum absolute atomic E-state index is 0.0125. The Kier molecular flexibility index (Phi) is 3.68. The second kappa shape index (κ2) is 5.10. The summed E-state index contributed by atoms with van der Waals surface area (Å²) in [6.07, 6.45) is 3.46. The smallest absolute Gasteiger partial charge is 0.263 e. The number of anilines is 1. The lowest BCUT2D eigenvalue weighted by Gasteiger charge is -2.09. The van der Waals surface area contributed by atoms with Crippen LogP contribution in [0.15, 0.2) is 35.6 Å². The predicted octanol–water partition coefficient (Wildman–Crippen LogP) is 2.38. The molecule has 0 atom stereocenters. The van der Waals surface area contributed by atoms with Gasteiger partial charge in [-0.25, -0.2) is 17.8 Å². The quantitative estimate of drug-likeness (QED) is 0.884. The van der Waals surface area contributed by atoms with Gasteiger partial charge in [0.2, 0.25) is 0 Å². The number of hydrogen-bond acceptors (Lipinski definition) is 4. The van der Waals surface area contributed by atoms with Crippen LogP contribution in [0.4, 0.5) is 10.1 Å². The van der Waals surface area contributed by atoms with E-state index in [-0.39, 0.29) is 15.7 Å². The molecule has 0 aliphatic rings. The van der Waals surface area contributed by atoms with Gasteiger partial charge in [-0.2, -0.15) is 0 Å². The summed E-state index contributed by atoms with van der Waals surface area (Å²) in [5, 5.41) is 0.0125. The molecule has 8 heteroatoms. The van der Waals surface area contributed by atoms with Gasteiger partial charge in [0.25, 0.3) is 10.0 Å². The van der Waals surface area contributed by atoms with E-state index in [9.17, 15) is 12.8 Å². The van der Waals surface area contributed by atoms with Crippen LogP contribution in [0.5, 0.6) is 0 Å². The third-order valence-electron chi connectivity index (χ3n) is 2.21. The van der Waals surface area contributed by atoms with Gasteiger partial charge in [-0.15, -0.1) is 0 Å². The van der Waals surface area contributed by atoms with Crippen molar-refractivity contribution in [3.05, 3.63) is 47.3 Å². The van der Waals surface area contributed by atoms with E-state index in [0.29, 0.717) is 0 Å². The van der Waals surface area contributed by atoms with Gasteiger partial charge in [0, 0.05) is 12.4 Å². The van der Waals surface area contributed by atoms with Crippen molar-refractivity contribution >= 4 is 27.3 Å². The molecule has 100 valence electrons. The minimum Gasteiger partial charge on any atom is -0.276 e. The number of aromatic nitrogens is 2. The topological polar surface area (TPSA) is 72.0 Å². The lowest BCUT2D eigenvalue weighted by molar-refractivity contribution is 0.592.